The van der Waals surface area contributed by atoms with E-state index in [9.17, 15) is 22.8 Å². The maximum absolute atomic E-state index is 13.4. The van der Waals surface area contributed by atoms with Gasteiger partial charge in [0.25, 0.3) is 11.8 Å². The van der Waals surface area contributed by atoms with Crippen molar-refractivity contribution in [3.63, 3.8) is 0 Å². The highest BCUT2D eigenvalue weighted by Gasteiger charge is 2.35. The molecule has 4 rings (SSSR count). The fourth-order valence-corrected chi connectivity index (χ4v) is 3.92. The summed E-state index contributed by atoms with van der Waals surface area (Å²) in [6, 6.07) is 12.4. The van der Waals surface area contributed by atoms with E-state index >= 15 is 0 Å². The molecule has 0 aliphatic carbocycles. The smallest absolute Gasteiger partial charge is 0.356 e. The Morgan fingerprint density at radius 1 is 1.00 bits per heavy atom. The Kier molecular flexibility index (Phi) is 7.40. The number of carbonyl (C=O) groups excluding carboxylic acids is 2. The van der Waals surface area contributed by atoms with E-state index in [0.717, 1.165) is 18.6 Å². The molecule has 0 spiro atoms. The van der Waals surface area contributed by atoms with Crippen molar-refractivity contribution < 1.29 is 22.8 Å². The van der Waals surface area contributed by atoms with Gasteiger partial charge in [-0.3, -0.25) is 9.59 Å². The molecule has 37 heavy (non-hydrogen) atoms. The third-order valence-electron chi connectivity index (χ3n) is 5.62. The van der Waals surface area contributed by atoms with Crippen molar-refractivity contribution in [1.29, 1.82) is 0 Å². The van der Waals surface area contributed by atoms with Crippen LogP contribution in [0.2, 0.25) is 5.02 Å². The Morgan fingerprint density at radius 2 is 1.73 bits per heavy atom. The summed E-state index contributed by atoms with van der Waals surface area (Å²) >= 11 is 6.17. The van der Waals surface area contributed by atoms with Crippen molar-refractivity contribution in [2.45, 2.75) is 26.4 Å². The summed E-state index contributed by atoms with van der Waals surface area (Å²) in [5, 5.41) is 8.85. The summed E-state index contributed by atoms with van der Waals surface area (Å²) in [5.74, 6) is -1.08. The standard InChI is InChI=1S/C26H23ClF3N5O2/c1-3-11-31-25-34-21-13-15(32-23(36)16-7-4-5-8-18(16)26(28,29)30)12-17(22(21)35-25)24(37)33-20-10-6-9-19(27)14(20)2/h4-10,12-13H,3,11H2,1-2H3,(H,32,36)(H,33,37)(H2,31,34,35). The molecule has 0 saturated heterocycles. The van der Waals surface area contributed by atoms with Gasteiger partial charge in [0.1, 0.15) is 5.52 Å². The number of fused-ring (bicyclic) bond motifs is 1. The molecule has 0 saturated carbocycles. The zero-order valence-corrected chi connectivity index (χ0v) is 20.6. The molecule has 3 aromatic carbocycles. The molecule has 7 nitrogen and oxygen atoms in total. The van der Waals surface area contributed by atoms with Gasteiger partial charge in [-0.05, 0) is 55.3 Å². The molecule has 11 heteroatoms. The minimum Gasteiger partial charge on any atom is -0.356 e. The molecule has 2 amide bonds. The monoisotopic (exact) mass is 529 g/mol. The van der Waals surface area contributed by atoms with Gasteiger partial charge in [-0.2, -0.15) is 13.2 Å². The van der Waals surface area contributed by atoms with Crippen molar-refractivity contribution in [1.82, 2.24) is 9.97 Å². The predicted octanol–water partition coefficient (Wildman–Crippen LogP) is 6.87. The summed E-state index contributed by atoms with van der Waals surface area (Å²) in [5.41, 5.74) is 0.512. The van der Waals surface area contributed by atoms with E-state index in [-0.39, 0.29) is 11.3 Å². The predicted molar refractivity (Wildman–Crippen MR) is 138 cm³/mol. The van der Waals surface area contributed by atoms with Crippen LogP contribution in [0, 0.1) is 6.92 Å². The zero-order chi connectivity index (χ0) is 26.7. The second-order valence-electron chi connectivity index (χ2n) is 8.30. The molecule has 0 bridgehead atoms. The molecule has 0 unspecified atom stereocenters. The summed E-state index contributed by atoms with van der Waals surface area (Å²) < 4.78 is 40.3. The average molecular weight is 530 g/mol. The van der Waals surface area contributed by atoms with Crippen molar-refractivity contribution >= 4 is 51.8 Å². The first-order valence-corrected chi connectivity index (χ1v) is 11.8. The van der Waals surface area contributed by atoms with Crippen LogP contribution in [0.1, 0.15) is 45.2 Å². The Morgan fingerprint density at radius 3 is 2.46 bits per heavy atom. The number of aromatic amines is 1. The fraction of sp³-hybridized carbons (Fsp3) is 0.192. The van der Waals surface area contributed by atoms with Gasteiger partial charge in [0.15, 0.2) is 0 Å². The number of anilines is 3. The first-order valence-electron chi connectivity index (χ1n) is 11.4. The van der Waals surface area contributed by atoms with Gasteiger partial charge in [0, 0.05) is 22.9 Å². The second kappa shape index (κ2) is 10.5. The lowest BCUT2D eigenvalue weighted by molar-refractivity contribution is -0.137. The first kappa shape index (κ1) is 26.0. The van der Waals surface area contributed by atoms with Crippen molar-refractivity contribution in [2.24, 2.45) is 0 Å². The summed E-state index contributed by atoms with van der Waals surface area (Å²) in [4.78, 5) is 33.7. The maximum Gasteiger partial charge on any atom is 0.417 e. The molecule has 1 aromatic heterocycles. The van der Waals surface area contributed by atoms with Crippen LogP contribution in [0.15, 0.2) is 54.6 Å². The number of imidazole rings is 1. The number of aromatic nitrogens is 2. The van der Waals surface area contributed by atoms with Gasteiger partial charge in [0.05, 0.1) is 22.2 Å². The first-order chi connectivity index (χ1) is 17.6. The van der Waals surface area contributed by atoms with Crippen LogP contribution >= 0.6 is 11.6 Å². The van der Waals surface area contributed by atoms with Gasteiger partial charge in [-0.25, -0.2) is 4.98 Å². The lowest BCUT2D eigenvalue weighted by Crippen LogP contribution is -2.19. The number of nitrogens with one attached hydrogen (secondary N) is 4. The number of hydrogen-bond donors (Lipinski definition) is 4. The van der Waals surface area contributed by atoms with E-state index in [4.69, 9.17) is 11.6 Å². The van der Waals surface area contributed by atoms with Gasteiger partial charge in [-0.15, -0.1) is 0 Å². The van der Waals surface area contributed by atoms with E-state index in [2.05, 4.69) is 25.9 Å². The number of rotatable bonds is 7. The molecular weight excluding hydrogens is 507 g/mol. The molecular formula is C26H23ClF3N5O2. The zero-order valence-electron chi connectivity index (χ0n) is 19.9. The van der Waals surface area contributed by atoms with E-state index < -0.39 is 29.1 Å². The molecule has 4 N–H and O–H groups in total. The molecule has 192 valence electrons. The van der Waals surface area contributed by atoms with E-state index in [1.165, 1.54) is 24.3 Å². The minimum atomic E-state index is -4.71. The van der Waals surface area contributed by atoms with Gasteiger partial charge in [-0.1, -0.05) is 36.7 Å². The number of amides is 2. The highest BCUT2D eigenvalue weighted by atomic mass is 35.5. The Hall–Kier alpha value is -4.05. The molecule has 0 atom stereocenters. The third kappa shape index (κ3) is 5.69. The van der Waals surface area contributed by atoms with Gasteiger partial charge in [0.2, 0.25) is 5.95 Å². The molecule has 0 radical (unpaired) electrons. The van der Waals surface area contributed by atoms with Crippen LogP contribution < -0.4 is 16.0 Å². The maximum atomic E-state index is 13.4. The molecule has 0 fully saturated rings. The fourth-order valence-electron chi connectivity index (χ4n) is 3.75. The van der Waals surface area contributed by atoms with Crippen molar-refractivity contribution in [2.75, 3.05) is 22.5 Å². The average Bonchev–Trinajstić information content (AvgIpc) is 3.27. The number of halogens is 4. The van der Waals surface area contributed by atoms with Crippen LogP contribution in [0.25, 0.3) is 11.0 Å². The summed E-state index contributed by atoms with van der Waals surface area (Å²) in [6.07, 6.45) is -3.88. The van der Waals surface area contributed by atoms with Crippen LogP contribution in [0.5, 0.6) is 0 Å². The Balaban J connectivity index is 1.74. The van der Waals surface area contributed by atoms with E-state index in [1.807, 2.05) is 6.92 Å². The largest absolute Gasteiger partial charge is 0.417 e. The minimum absolute atomic E-state index is 0.108. The van der Waals surface area contributed by atoms with Crippen LogP contribution in [0.3, 0.4) is 0 Å². The summed E-state index contributed by atoms with van der Waals surface area (Å²) in [6.45, 7) is 4.36. The lowest BCUT2D eigenvalue weighted by Gasteiger charge is -2.14. The topological polar surface area (TPSA) is 98.9 Å². The highest BCUT2D eigenvalue weighted by Crippen LogP contribution is 2.33. The molecule has 4 aromatic rings. The number of H-pyrrole nitrogens is 1. The van der Waals surface area contributed by atoms with Gasteiger partial charge < -0.3 is 20.9 Å². The van der Waals surface area contributed by atoms with E-state index in [0.29, 0.717) is 39.8 Å². The van der Waals surface area contributed by atoms with Crippen LogP contribution in [0.4, 0.5) is 30.5 Å². The van der Waals surface area contributed by atoms with Crippen molar-refractivity contribution in [3.8, 4) is 0 Å². The SMILES string of the molecule is CCCNc1nc2c(C(=O)Nc3cccc(Cl)c3C)cc(NC(=O)c3ccccc3C(F)(F)F)cc2[nH]1. The third-order valence-corrected chi connectivity index (χ3v) is 6.03. The summed E-state index contributed by atoms with van der Waals surface area (Å²) in [7, 11) is 0. The molecule has 0 aliphatic rings. The number of nitrogens with zero attached hydrogens (tertiary/aromatic N) is 1. The highest BCUT2D eigenvalue weighted by molar-refractivity contribution is 6.31. The molecule has 0 aliphatic heterocycles. The number of alkyl halides is 3. The normalized spacial score (nSPS) is 11.4. The van der Waals surface area contributed by atoms with Crippen LogP contribution in [-0.2, 0) is 6.18 Å². The Bertz CT molecular complexity index is 1480. The van der Waals surface area contributed by atoms with E-state index in [1.54, 1.807) is 25.1 Å². The number of benzene rings is 3. The van der Waals surface area contributed by atoms with Gasteiger partial charge >= 0.3 is 6.18 Å². The molecule has 1 heterocycles. The quantitative estimate of drug-likeness (QED) is 0.210. The number of carbonyl (C=O) groups is 2. The van der Waals surface area contributed by atoms with Crippen molar-refractivity contribution in [3.05, 3.63) is 81.9 Å². The van der Waals surface area contributed by atoms with Crippen LogP contribution in [-0.4, -0.2) is 28.3 Å². The second-order valence-corrected chi connectivity index (χ2v) is 8.70. The lowest BCUT2D eigenvalue weighted by atomic mass is 10.1. The number of hydrogen-bond acceptors (Lipinski definition) is 4. The Labute approximate surface area is 215 Å².